The molecule has 0 bridgehead atoms. The second-order valence-corrected chi connectivity index (χ2v) is 9.50. The van der Waals surface area contributed by atoms with Crippen LogP contribution in [0.3, 0.4) is 0 Å². The predicted octanol–water partition coefficient (Wildman–Crippen LogP) is 3.82. The number of carbonyl (C=O) groups is 3. The zero-order valence-electron chi connectivity index (χ0n) is 21.1. The number of hydroxylamine groups is 1. The summed E-state index contributed by atoms with van der Waals surface area (Å²) in [5, 5.41) is 20.9. The number of hydrogen-bond acceptors (Lipinski definition) is 6. The number of carboxylic acids is 1. The topological polar surface area (TPSA) is 143 Å². The van der Waals surface area contributed by atoms with Gasteiger partial charge in [-0.25, -0.2) is 15.3 Å². The quantitative estimate of drug-likeness (QED) is 0.218. The van der Waals surface area contributed by atoms with Crippen molar-refractivity contribution < 1.29 is 29.4 Å². The average molecular weight is 523 g/mol. The number of aromatic nitrogens is 2. The maximum absolute atomic E-state index is 13.3. The van der Waals surface area contributed by atoms with Gasteiger partial charge in [-0.3, -0.25) is 14.8 Å². The monoisotopic (exact) mass is 522 g/mol. The minimum atomic E-state index is -1.06. The number of nitrogens with one attached hydrogen (secondary N) is 2. The summed E-state index contributed by atoms with van der Waals surface area (Å²) in [6.45, 7) is 7.76. The smallest absolute Gasteiger partial charge is 0.344 e. The van der Waals surface area contributed by atoms with Gasteiger partial charge in [-0.2, -0.15) is 0 Å². The summed E-state index contributed by atoms with van der Waals surface area (Å²) in [5.74, 6) is -0.825. The first-order chi connectivity index (χ1) is 17.0. The number of hydrogen-bond donors (Lipinski definition) is 4. The fourth-order valence-corrected chi connectivity index (χ4v) is 4.06. The number of nitrogens with zero attached hydrogens (tertiary/aromatic N) is 2. The number of halogens is 1. The molecule has 2 rings (SSSR count). The second kappa shape index (κ2) is 13.8. The van der Waals surface area contributed by atoms with Gasteiger partial charge in [0.1, 0.15) is 17.3 Å². The summed E-state index contributed by atoms with van der Waals surface area (Å²) >= 11 is 6.44. The summed E-state index contributed by atoms with van der Waals surface area (Å²) in [5.41, 5.74) is 2.64. The van der Waals surface area contributed by atoms with Gasteiger partial charge >= 0.3 is 5.97 Å². The molecular formula is C25H35ClN4O6. The van der Waals surface area contributed by atoms with Crippen LogP contribution < -0.4 is 15.5 Å². The third-order valence-corrected chi connectivity index (χ3v) is 5.81. The number of rotatable bonds is 14. The first-order valence-corrected chi connectivity index (χ1v) is 12.4. The molecule has 36 heavy (non-hydrogen) atoms. The number of carbonyl (C=O) groups excluding carboxylic acids is 2. The van der Waals surface area contributed by atoms with Crippen LogP contribution in [0.5, 0.6) is 5.75 Å². The van der Waals surface area contributed by atoms with Crippen molar-refractivity contribution in [3.63, 3.8) is 0 Å². The van der Waals surface area contributed by atoms with E-state index in [0.717, 1.165) is 18.4 Å². The van der Waals surface area contributed by atoms with Gasteiger partial charge in [0.15, 0.2) is 11.3 Å². The maximum atomic E-state index is 13.3. The lowest BCUT2D eigenvalue weighted by molar-refractivity contribution is -0.144. The Bertz CT molecular complexity index is 1040. The lowest BCUT2D eigenvalue weighted by atomic mass is 10.0. The number of benzene rings is 1. The lowest BCUT2D eigenvalue weighted by Crippen LogP contribution is -2.40. The van der Waals surface area contributed by atoms with Crippen molar-refractivity contribution in [3.8, 4) is 5.75 Å². The molecule has 1 aromatic carbocycles. The summed E-state index contributed by atoms with van der Waals surface area (Å²) in [7, 11) is 0. The molecule has 10 nitrogen and oxygen atoms in total. The number of carboxylic acid groups (broad SMARTS) is 1. The molecule has 2 aromatic rings. The molecule has 11 heteroatoms. The minimum Gasteiger partial charge on any atom is -0.479 e. The van der Waals surface area contributed by atoms with Crippen LogP contribution >= 0.6 is 11.6 Å². The molecule has 4 N–H and O–H groups in total. The van der Waals surface area contributed by atoms with Gasteiger partial charge in [-0.1, -0.05) is 50.9 Å². The molecule has 198 valence electrons. The predicted molar refractivity (Wildman–Crippen MR) is 134 cm³/mol. The molecule has 2 atom stereocenters. The van der Waals surface area contributed by atoms with E-state index in [9.17, 15) is 14.4 Å². The van der Waals surface area contributed by atoms with Crippen LogP contribution in [0, 0.1) is 5.92 Å². The van der Waals surface area contributed by atoms with E-state index in [0.29, 0.717) is 31.0 Å². The Morgan fingerprint density at radius 2 is 1.83 bits per heavy atom. The minimum absolute atomic E-state index is 0.0729. The average Bonchev–Trinajstić information content (AvgIpc) is 3.12. The fourth-order valence-electron chi connectivity index (χ4n) is 3.78. The van der Waals surface area contributed by atoms with Crippen LogP contribution in [-0.4, -0.2) is 49.8 Å². The highest BCUT2D eigenvalue weighted by Gasteiger charge is 2.25. The number of ether oxygens (including phenoxy) is 1. The standard InChI is InChI=1S/C25H35ClN4O6/c1-5-6-7-20-28-23(26)22(24(32)27-18(12-15(2)3)13-21(31)29-35)30(20)14-17-8-10-19(11-9-17)36-16(4)25(33)34/h8-11,15-16,18,35H,5-7,12-14H2,1-4H3,(H,27,32)(H,29,31)(H,33,34). The van der Waals surface area contributed by atoms with Crippen LogP contribution in [0.2, 0.25) is 5.15 Å². The van der Waals surface area contributed by atoms with Crippen molar-refractivity contribution >= 4 is 29.4 Å². The van der Waals surface area contributed by atoms with Gasteiger partial charge in [0.25, 0.3) is 5.91 Å². The maximum Gasteiger partial charge on any atom is 0.344 e. The van der Waals surface area contributed by atoms with E-state index in [-0.39, 0.29) is 23.2 Å². The van der Waals surface area contributed by atoms with E-state index in [2.05, 4.69) is 17.2 Å². The molecule has 0 spiro atoms. The molecule has 0 aliphatic heterocycles. The number of amides is 2. The van der Waals surface area contributed by atoms with Crippen molar-refractivity contribution in [2.45, 2.75) is 78.5 Å². The highest BCUT2D eigenvalue weighted by atomic mass is 35.5. The highest BCUT2D eigenvalue weighted by molar-refractivity contribution is 6.32. The zero-order valence-corrected chi connectivity index (χ0v) is 21.8. The van der Waals surface area contributed by atoms with Crippen molar-refractivity contribution in [1.29, 1.82) is 0 Å². The van der Waals surface area contributed by atoms with E-state index in [4.69, 9.17) is 26.7 Å². The van der Waals surface area contributed by atoms with Crippen molar-refractivity contribution in [2.24, 2.45) is 5.92 Å². The van der Waals surface area contributed by atoms with E-state index in [1.165, 1.54) is 6.92 Å². The molecule has 0 radical (unpaired) electrons. The number of aryl methyl sites for hydroxylation is 1. The van der Waals surface area contributed by atoms with Crippen molar-refractivity contribution in [2.75, 3.05) is 0 Å². The summed E-state index contributed by atoms with van der Waals surface area (Å²) in [4.78, 5) is 40.6. The normalized spacial score (nSPS) is 12.8. The van der Waals surface area contributed by atoms with Crippen LogP contribution in [0.4, 0.5) is 0 Å². The summed E-state index contributed by atoms with van der Waals surface area (Å²) < 4.78 is 7.15. The molecule has 1 heterocycles. The van der Waals surface area contributed by atoms with Crippen LogP contribution in [0.25, 0.3) is 0 Å². The van der Waals surface area contributed by atoms with Gasteiger partial charge in [-0.05, 0) is 43.4 Å². The van der Waals surface area contributed by atoms with E-state index in [1.54, 1.807) is 34.3 Å². The Labute approximate surface area is 216 Å². The number of unbranched alkanes of at least 4 members (excludes halogenated alkanes) is 1. The van der Waals surface area contributed by atoms with E-state index >= 15 is 0 Å². The van der Waals surface area contributed by atoms with Gasteiger partial charge in [-0.15, -0.1) is 0 Å². The summed E-state index contributed by atoms with van der Waals surface area (Å²) in [6.07, 6.45) is 1.90. The largest absolute Gasteiger partial charge is 0.479 e. The third-order valence-electron chi connectivity index (χ3n) is 5.55. The van der Waals surface area contributed by atoms with Crippen LogP contribution in [0.1, 0.15) is 75.3 Å². The number of imidazole rings is 1. The van der Waals surface area contributed by atoms with Gasteiger partial charge in [0.2, 0.25) is 5.91 Å². The Kier molecular flexibility index (Phi) is 11.2. The molecular weight excluding hydrogens is 488 g/mol. The van der Waals surface area contributed by atoms with Crippen LogP contribution in [-0.2, 0) is 22.6 Å². The lowest BCUT2D eigenvalue weighted by Gasteiger charge is -2.20. The molecule has 0 fully saturated rings. The first-order valence-electron chi connectivity index (χ1n) is 12.0. The Morgan fingerprint density at radius 3 is 2.39 bits per heavy atom. The molecule has 0 saturated carbocycles. The molecule has 1 aromatic heterocycles. The molecule has 0 aliphatic rings. The van der Waals surface area contributed by atoms with E-state index in [1.807, 2.05) is 13.8 Å². The highest BCUT2D eigenvalue weighted by Crippen LogP contribution is 2.23. The Hall–Kier alpha value is -3.11. The fraction of sp³-hybridized carbons (Fsp3) is 0.520. The molecule has 0 saturated heterocycles. The first kappa shape index (κ1) is 29.1. The van der Waals surface area contributed by atoms with Crippen molar-refractivity contribution in [3.05, 3.63) is 46.5 Å². The zero-order chi connectivity index (χ0) is 26.8. The van der Waals surface area contributed by atoms with Gasteiger partial charge in [0.05, 0.1) is 0 Å². The Balaban J connectivity index is 2.33. The van der Waals surface area contributed by atoms with Crippen molar-refractivity contribution in [1.82, 2.24) is 20.3 Å². The molecule has 2 unspecified atom stereocenters. The second-order valence-electron chi connectivity index (χ2n) is 9.14. The summed E-state index contributed by atoms with van der Waals surface area (Å²) in [6, 6.07) is 6.42. The molecule has 0 aliphatic carbocycles. The van der Waals surface area contributed by atoms with E-state index < -0.39 is 29.9 Å². The third kappa shape index (κ3) is 8.53. The van der Waals surface area contributed by atoms with Gasteiger partial charge < -0.3 is 19.7 Å². The number of aliphatic carboxylic acids is 1. The molecule has 2 amide bonds. The Morgan fingerprint density at radius 1 is 1.17 bits per heavy atom. The SMILES string of the molecule is CCCCc1nc(Cl)c(C(=O)NC(CC(=O)NO)CC(C)C)n1Cc1ccc(OC(C)C(=O)O)cc1. The van der Waals surface area contributed by atoms with Crippen LogP contribution in [0.15, 0.2) is 24.3 Å². The van der Waals surface area contributed by atoms with Gasteiger partial charge in [0, 0.05) is 25.4 Å².